The first-order chi connectivity index (χ1) is 13.6. The monoisotopic (exact) mass is 516 g/mol. The van der Waals surface area contributed by atoms with Crippen molar-refractivity contribution in [2.45, 2.75) is 71.3 Å². The molecule has 5 nitrogen and oxygen atoms in total. The van der Waals surface area contributed by atoms with Gasteiger partial charge in [-0.1, -0.05) is 27.7 Å². The predicted molar refractivity (Wildman–Crippen MR) is 121 cm³/mol. The van der Waals surface area contributed by atoms with Crippen molar-refractivity contribution < 1.29 is 23.7 Å². The second kappa shape index (κ2) is 8.16. The molecule has 0 N–H and O–H groups in total. The first-order valence-corrected chi connectivity index (χ1v) is 11.4. The number of carbonyl (C=O) groups is 1. The van der Waals surface area contributed by atoms with E-state index in [1.165, 1.54) is 0 Å². The average molecular weight is 516 g/mol. The van der Waals surface area contributed by atoms with E-state index in [0.29, 0.717) is 18.6 Å². The van der Waals surface area contributed by atoms with Crippen molar-refractivity contribution in [2.75, 3.05) is 21.3 Å². The van der Waals surface area contributed by atoms with Crippen LogP contribution in [0.3, 0.4) is 0 Å². The van der Waals surface area contributed by atoms with Crippen molar-refractivity contribution in [2.24, 2.45) is 11.3 Å². The number of carbonyl (C=O) groups excluding carboxylic acids is 1. The normalized spacial score (nSPS) is 25.6. The van der Waals surface area contributed by atoms with Crippen LogP contribution < -0.4 is 14.2 Å². The number of fused-ring (bicyclic) bond motifs is 1. The Morgan fingerprint density at radius 2 is 1.69 bits per heavy atom. The quantitative estimate of drug-likeness (QED) is 0.370. The van der Waals surface area contributed by atoms with Crippen LogP contribution in [0.25, 0.3) is 0 Å². The van der Waals surface area contributed by atoms with Gasteiger partial charge >= 0.3 is 5.97 Å². The lowest BCUT2D eigenvalue weighted by atomic mass is 9.60. The third-order valence-electron chi connectivity index (χ3n) is 6.79. The van der Waals surface area contributed by atoms with E-state index in [1.54, 1.807) is 21.3 Å². The predicted octanol–water partition coefficient (Wildman–Crippen LogP) is 5.49. The maximum atomic E-state index is 12.4. The molecule has 29 heavy (non-hydrogen) atoms. The summed E-state index contributed by atoms with van der Waals surface area (Å²) in [5.74, 6) is 2.57. The fourth-order valence-electron chi connectivity index (χ4n) is 5.49. The second-order valence-electron chi connectivity index (χ2n) is 9.28. The molecule has 1 aromatic rings. The van der Waals surface area contributed by atoms with E-state index in [2.05, 4.69) is 50.3 Å². The number of methoxy groups -OCH3 is 3. The molecule has 3 rings (SSSR count). The first-order valence-electron chi connectivity index (χ1n) is 10.3. The highest BCUT2D eigenvalue weighted by Crippen LogP contribution is 2.57. The Morgan fingerprint density at radius 3 is 2.24 bits per heavy atom. The fraction of sp³-hybridized carbons (Fsp3) is 0.696. The molecule has 2 aliphatic rings. The van der Waals surface area contributed by atoms with Crippen LogP contribution in [0, 0.1) is 14.9 Å². The number of rotatable bonds is 6. The molecule has 2 atom stereocenters. The molecule has 1 saturated carbocycles. The van der Waals surface area contributed by atoms with E-state index in [9.17, 15) is 4.79 Å². The van der Waals surface area contributed by atoms with Gasteiger partial charge in [-0.2, -0.15) is 0 Å². The molecule has 1 saturated heterocycles. The lowest BCUT2D eigenvalue weighted by Crippen LogP contribution is -2.48. The maximum absolute atomic E-state index is 12.4. The number of esters is 1. The maximum Gasteiger partial charge on any atom is 0.306 e. The Hall–Kier alpha value is -1.18. The van der Waals surface area contributed by atoms with Crippen molar-refractivity contribution >= 4 is 28.6 Å². The summed E-state index contributed by atoms with van der Waals surface area (Å²) in [5, 5.41) is 0. The van der Waals surface area contributed by atoms with E-state index < -0.39 is 5.60 Å². The minimum Gasteiger partial charge on any atom is -0.495 e. The Balaban J connectivity index is 2.19. The SMILES string of the molecule is COc1c(C[C@@]23CCCC(C)(C)[C@@H]2CC(=O)O3)c(I)c(OC)c(C(C)C)c1OC. The summed E-state index contributed by atoms with van der Waals surface area (Å²) in [4.78, 5) is 12.4. The third-order valence-corrected chi connectivity index (χ3v) is 7.93. The fourth-order valence-corrected chi connectivity index (χ4v) is 6.43. The van der Waals surface area contributed by atoms with Crippen molar-refractivity contribution in [1.29, 1.82) is 0 Å². The molecule has 0 bridgehead atoms. The summed E-state index contributed by atoms with van der Waals surface area (Å²) in [6, 6.07) is 0. The molecule has 0 unspecified atom stereocenters. The standard InChI is InChI=1S/C23H33IO5/c1-13(2)17-20(27-6)18(24)14(19(26-5)21(17)28-7)12-23-10-8-9-22(3,4)15(23)11-16(25)29-23/h13,15H,8-12H2,1-7H3/t15-,23-/m0/s1. The van der Waals surface area contributed by atoms with Gasteiger partial charge in [0.25, 0.3) is 0 Å². The molecule has 0 amide bonds. The molecular formula is C23H33IO5. The van der Waals surface area contributed by atoms with Gasteiger partial charge in [0.15, 0.2) is 11.5 Å². The van der Waals surface area contributed by atoms with Crippen LogP contribution in [0.1, 0.15) is 70.4 Å². The Morgan fingerprint density at radius 1 is 1.07 bits per heavy atom. The molecule has 0 radical (unpaired) electrons. The van der Waals surface area contributed by atoms with Gasteiger partial charge in [-0.3, -0.25) is 4.79 Å². The van der Waals surface area contributed by atoms with Gasteiger partial charge in [0.05, 0.1) is 31.3 Å². The van der Waals surface area contributed by atoms with E-state index >= 15 is 0 Å². The minimum atomic E-state index is -0.499. The van der Waals surface area contributed by atoms with Gasteiger partial charge in [-0.25, -0.2) is 0 Å². The molecule has 0 aromatic heterocycles. The van der Waals surface area contributed by atoms with E-state index in [-0.39, 0.29) is 23.2 Å². The van der Waals surface area contributed by atoms with Gasteiger partial charge in [0, 0.05) is 23.5 Å². The van der Waals surface area contributed by atoms with Gasteiger partial charge in [0.1, 0.15) is 11.4 Å². The van der Waals surface area contributed by atoms with E-state index in [0.717, 1.165) is 45.5 Å². The third kappa shape index (κ3) is 3.70. The van der Waals surface area contributed by atoms with Crippen LogP contribution in [-0.2, 0) is 16.0 Å². The van der Waals surface area contributed by atoms with Gasteiger partial charge in [0.2, 0.25) is 0 Å². The largest absolute Gasteiger partial charge is 0.495 e. The van der Waals surface area contributed by atoms with Crippen LogP contribution >= 0.6 is 22.6 Å². The van der Waals surface area contributed by atoms with Crippen molar-refractivity contribution in [3.05, 3.63) is 14.7 Å². The Bertz CT molecular complexity index is 801. The summed E-state index contributed by atoms with van der Waals surface area (Å²) >= 11 is 2.34. The second-order valence-corrected chi connectivity index (χ2v) is 10.4. The summed E-state index contributed by atoms with van der Waals surface area (Å²) < 4.78 is 24.6. The number of hydrogen-bond acceptors (Lipinski definition) is 5. The smallest absolute Gasteiger partial charge is 0.306 e. The molecule has 1 aliphatic carbocycles. The van der Waals surface area contributed by atoms with Crippen molar-refractivity contribution in [3.8, 4) is 17.2 Å². The topological polar surface area (TPSA) is 54.0 Å². The zero-order valence-electron chi connectivity index (χ0n) is 18.6. The van der Waals surface area contributed by atoms with Crippen LogP contribution in [0.15, 0.2) is 0 Å². The summed E-state index contributed by atoms with van der Waals surface area (Å²) in [6.45, 7) is 8.76. The average Bonchev–Trinajstić information content (AvgIpc) is 2.99. The summed E-state index contributed by atoms with van der Waals surface area (Å²) in [7, 11) is 5.04. The van der Waals surface area contributed by atoms with Gasteiger partial charge < -0.3 is 18.9 Å². The summed E-state index contributed by atoms with van der Waals surface area (Å²) in [6.07, 6.45) is 4.14. The van der Waals surface area contributed by atoms with Gasteiger partial charge in [-0.15, -0.1) is 0 Å². The zero-order chi connectivity index (χ0) is 21.6. The zero-order valence-corrected chi connectivity index (χ0v) is 20.8. The van der Waals surface area contributed by atoms with Crippen molar-refractivity contribution in [1.82, 2.24) is 0 Å². The summed E-state index contributed by atoms with van der Waals surface area (Å²) in [5.41, 5.74) is 1.57. The van der Waals surface area contributed by atoms with Crippen LogP contribution in [0.4, 0.5) is 0 Å². The number of ether oxygens (including phenoxy) is 4. The highest BCUT2D eigenvalue weighted by molar-refractivity contribution is 14.1. The lowest BCUT2D eigenvalue weighted by Gasteiger charge is -2.47. The molecule has 162 valence electrons. The Labute approximate surface area is 188 Å². The molecule has 0 spiro atoms. The molecule has 1 heterocycles. The van der Waals surface area contributed by atoms with Crippen LogP contribution in [-0.4, -0.2) is 32.9 Å². The van der Waals surface area contributed by atoms with E-state index in [1.807, 2.05) is 0 Å². The van der Waals surface area contributed by atoms with Crippen molar-refractivity contribution in [3.63, 3.8) is 0 Å². The molecule has 2 fully saturated rings. The van der Waals surface area contributed by atoms with Crippen LogP contribution in [0.5, 0.6) is 17.2 Å². The Kier molecular flexibility index (Phi) is 6.33. The minimum absolute atomic E-state index is 0.0646. The molecule has 1 aliphatic heterocycles. The number of benzene rings is 1. The van der Waals surface area contributed by atoms with Gasteiger partial charge in [-0.05, 0) is 53.2 Å². The molecule has 1 aromatic carbocycles. The number of hydrogen-bond donors (Lipinski definition) is 0. The first kappa shape index (κ1) is 22.5. The molecular weight excluding hydrogens is 483 g/mol. The highest BCUT2D eigenvalue weighted by Gasteiger charge is 2.57. The lowest BCUT2D eigenvalue weighted by molar-refractivity contribution is -0.154. The van der Waals surface area contributed by atoms with Crippen LogP contribution in [0.2, 0.25) is 0 Å². The number of halogens is 1. The van der Waals surface area contributed by atoms with E-state index in [4.69, 9.17) is 18.9 Å². The molecule has 6 heteroatoms. The highest BCUT2D eigenvalue weighted by atomic mass is 127.